The van der Waals surface area contributed by atoms with Gasteiger partial charge in [-0.25, -0.2) is 0 Å². The van der Waals surface area contributed by atoms with Crippen LogP contribution < -0.4 is 5.32 Å². The van der Waals surface area contributed by atoms with Crippen LogP contribution in [0.15, 0.2) is 18.3 Å². The number of hydrogen-bond acceptors (Lipinski definition) is 2. The maximum atomic E-state index is 12.4. The van der Waals surface area contributed by atoms with Gasteiger partial charge in [0.15, 0.2) is 0 Å². The summed E-state index contributed by atoms with van der Waals surface area (Å²) in [4.78, 5) is 3.99. The number of nitrogens with one attached hydrogen (secondary N) is 1. The molecule has 2 heterocycles. The Hall–Kier alpha value is -1.10. The molecule has 2 nitrogen and oxygen atoms in total. The molecule has 1 aliphatic rings. The number of pyridine rings is 1. The SMILES string of the molecule is FC(F)(F)c1ccnc(CC2CCNC2)c1. The van der Waals surface area contributed by atoms with Crippen LogP contribution in [0.1, 0.15) is 17.7 Å². The molecule has 5 heteroatoms. The zero-order chi connectivity index (χ0) is 11.6. The number of alkyl halides is 3. The van der Waals surface area contributed by atoms with E-state index < -0.39 is 11.7 Å². The van der Waals surface area contributed by atoms with Gasteiger partial charge in [0.1, 0.15) is 0 Å². The van der Waals surface area contributed by atoms with Crippen LogP contribution in [0.2, 0.25) is 0 Å². The lowest BCUT2D eigenvalue weighted by molar-refractivity contribution is -0.137. The number of rotatable bonds is 2. The molecule has 88 valence electrons. The Labute approximate surface area is 91.9 Å². The first kappa shape index (κ1) is 11.4. The first-order valence-electron chi connectivity index (χ1n) is 5.28. The summed E-state index contributed by atoms with van der Waals surface area (Å²) in [5.74, 6) is 0.413. The van der Waals surface area contributed by atoms with Gasteiger partial charge < -0.3 is 5.32 Å². The van der Waals surface area contributed by atoms with Gasteiger partial charge in [-0.1, -0.05) is 0 Å². The van der Waals surface area contributed by atoms with Crippen molar-refractivity contribution in [2.24, 2.45) is 5.92 Å². The van der Waals surface area contributed by atoms with E-state index in [-0.39, 0.29) is 0 Å². The fourth-order valence-electron chi connectivity index (χ4n) is 1.95. The molecule has 1 aromatic rings. The Morgan fingerprint density at radius 1 is 1.44 bits per heavy atom. The van der Waals surface area contributed by atoms with Crippen molar-refractivity contribution in [2.75, 3.05) is 13.1 Å². The third-order valence-corrected chi connectivity index (χ3v) is 2.80. The number of halogens is 3. The predicted molar refractivity (Wildman–Crippen MR) is 53.9 cm³/mol. The van der Waals surface area contributed by atoms with Gasteiger partial charge in [-0.05, 0) is 44.0 Å². The average Bonchev–Trinajstić information content (AvgIpc) is 2.70. The Balaban J connectivity index is 2.09. The Morgan fingerprint density at radius 2 is 2.25 bits per heavy atom. The fraction of sp³-hybridized carbons (Fsp3) is 0.545. The average molecular weight is 230 g/mol. The first-order chi connectivity index (χ1) is 7.55. The highest BCUT2D eigenvalue weighted by Gasteiger charge is 2.30. The van der Waals surface area contributed by atoms with E-state index in [0.717, 1.165) is 31.6 Å². The summed E-state index contributed by atoms with van der Waals surface area (Å²) in [6.07, 6.45) is -1.40. The van der Waals surface area contributed by atoms with Crippen molar-refractivity contribution in [1.82, 2.24) is 10.3 Å². The second kappa shape index (κ2) is 4.41. The van der Waals surface area contributed by atoms with E-state index in [2.05, 4.69) is 10.3 Å². The van der Waals surface area contributed by atoms with Crippen molar-refractivity contribution in [1.29, 1.82) is 0 Å². The lowest BCUT2D eigenvalue weighted by atomic mass is 10.0. The molecule has 1 saturated heterocycles. The maximum Gasteiger partial charge on any atom is 0.416 e. The Bertz CT molecular complexity index is 356. The molecule has 1 atom stereocenters. The first-order valence-corrected chi connectivity index (χ1v) is 5.28. The van der Waals surface area contributed by atoms with Gasteiger partial charge in [0.2, 0.25) is 0 Å². The second-order valence-corrected chi connectivity index (χ2v) is 4.10. The van der Waals surface area contributed by atoms with Crippen LogP contribution in [0.4, 0.5) is 13.2 Å². The Morgan fingerprint density at radius 3 is 2.88 bits per heavy atom. The summed E-state index contributed by atoms with van der Waals surface area (Å²) < 4.78 is 37.3. The molecular formula is C11H13F3N2. The minimum Gasteiger partial charge on any atom is -0.316 e. The van der Waals surface area contributed by atoms with Crippen LogP contribution in [0.5, 0.6) is 0 Å². The monoisotopic (exact) mass is 230 g/mol. The molecule has 0 amide bonds. The van der Waals surface area contributed by atoms with Crippen LogP contribution >= 0.6 is 0 Å². The molecule has 0 aromatic carbocycles. The van der Waals surface area contributed by atoms with E-state index in [1.807, 2.05) is 0 Å². The van der Waals surface area contributed by atoms with Crippen molar-refractivity contribution < 1.29 is 13.2 Å². The topological polar surface area (TPSA) is 24.9 Å². The minimum atomic E-state index is -4.27. The molecule has 0 radical (unpaired) electrons. The molecular weight excluding hydrogens is 217 g/mol. The second-order valence-electron chi connectivity index (χ2n) is 4.10. The van der Waals surface area contributed by atoms with Gasteiger partial charge in [-0.3, -0.25) is 4.98 Å². The maximum absolute atomic E-state index is 12.4. The quantitative estimate of drug-likeness (QED) is 0.842. The molecule has 0 spiro atoms. The van der Waals surface area contributed by atoms with Crippen LogP contribution in [0.3, 0.4) is 0 Å². The van der Waals surface area contributed by atoms with E-state index in [1.165, 1.54) is 6.20 Å². The van der Waals surface area contributed by atoms with Crippen molar-refractivity contribution in [3.63, 3.8) is 0 Å². The van der Waals surface area contributed by atoms with Crippen molar-refractivity contribution in [2.45, 2.75) is 19.0 Å². The molecule has 0 saturated carbocycles. The van der Waals surface area contributed by atoms with E-state index in [1.54, 1.807) is 0 Å². The molecule has 1 fully saturated rings. The van der Waals surface area contributed by atoms with E-state index in [9.17, 15) is 13.2 Å². The van der Waals surface area contributed by atoms with Crippen molar-refractivity contribution in [3.8, 4) is 0 Å². The van der Waals surface area contributed by atoms with Gasteiger partial charge >= 0.3 is 6.18 Å². The zero-order valence-corrected chi connectivity index (χ0v) is 8.72. The van der Waals surface area contributed by atoms with Gasteiger partial charge in [0.25, 0.3) is 0 Å². The normalized spacial score (nSPS) is 21.3. The highest BCUT2D eigenvalue weighted by molar-refractivity contribution is 5.19. The zero-order valence-electron chi connectivity index (χ0n) is 8.72. The predicted octanol–water partition coefficient (Wildman–Crippen LogP) is 2.25. The van der Waals surface area contributed by atoms with E-state index in [4.69, 9.17) is 0 Å². The summed E-state index contributed by atoms with van der Waals surface area (Å²) in [6.45, 7) is 1.82. The molecule has 0 aliphatic carbocycles. The summed E-state index contributed by atoms with van der Waals surface area (Å²) in [5.41, 5.74) is -0.0769. The third-order valence-electron chi connectivity index (χ3n) is 2.80. The lowest BCUT2D eigenvalue weighted by Gasteiger charge is -2.10. The van der Waals surface area contributed by atoms with Crippen LogP contribution in [0, 0.1) is 5.92 Å². The molecule has 2 rings (SSSR count). The van der Waals surface area contributed by atoms with Gasteiger partial charge in [0.05, 0.1) is 5.56 Å². The van der Waals surface area contributed by atoms with Crippen LogP contribution in [-0.4, -0.2) is 18.1 Å². The van der Waals surface area contributed by atoms with Crippen molar-refractivity contribution in [3.05, 3.63) is 29.6 Å². The molecule has 0 bridgehead atoms. The number of aromatic nitrogens is 1. The van der Waals surface area contributed by atoms with Crippen LogP contribution in [0.25, 0.3) is 0 Å². The molecule has 1 unspecified atom stereocenters. The Kier molecular flexibility index (Phi) is 3.14. The molecule has 16 heavy (non-hydrogen) atoms. The molecule has 1 aromatic heterocycles. The van der Waals surface area contributed by atoms with E-state index in [0.29, 0.717) is 18.0 Å². The standard InChI is InChI=1S/C11H13F3N2/c12-11(13,14)9-2-4-16-10(6-9)5-8-1-3-15-7-8/h2,4,6,8,15H,1,3,5,7H2. The highest BCUT2D eigenvalue weighted by atomic mass is 19.4. The molecule has 1 N–H and O–H groups in total. The fourth-order valence-corrected chi connectivity index (χ4v) is 1.95. The summed E-state index contributed by atoms with van der Waals surface area (Å²) in [7, 11) is 0. The van der Waals surface area contributed by atoms with E-state index >= 15 is 0 Å². The minimum absolute atomic E-state index is 0.413. The smallest absolute Gasteiger partial charge is 0.316 e. The summed E-state index contributed by atoms with van der Waals surface area (Å²) in [6, 6.07) is 2.16. The summed E-state index contributed by atoms with van der Waals surface area (Å²) in [5, 5.41) is 3.19. The van der Waals surface area contributed by atoms with Crippen molar-refractivity contribution >= 4 is 0 Å². The third kappa shape index (κ3) is 2.72. The lowest BCUT2D eigenvalue weighted by Crippen LogP contribution is -2.12. The van der Waals surface area contributed by atoms with Gasteiger partial charge in [0, 0.05) is 11.9 Å². The van der Waals surface area contributed by atoms with Gasteiger partial charge in [-0.15, -0.1) is 0 Å². The number of nitrogens with zero attached hydrogens (tertiary/aromatic N) is 1. The number of hydrogen-bond donors (Lipinski definition) is 1. The van der Waals surface area contributed by atoms with Crippen LogP contribution in [-0.2, 0) is 12.6 Å². The molecule has 1 aliphatic heterocycles. The summed E-state index contributed by atoms with van der Waals surface area (Å²) >= 11 is 0. The highest BCUT2D eigenvalue weighted by Crippen LogP contribution is 2.29. The van der Waals surface area contributed by atoms with Gasteiger partial charge in [-0.2, -0.15) is 13.2 Å². The largest absolute Gasteiger partial charge is 0.416 e.